The topological polar surface area (TPSA) is 109 Å². The lowest BCUT2D eigenvalue weighted by Gasteiger charge is -2.16. The fourth-order valence-corrected chi connectivity index (χ4v) is 1.34. The van der Waals surface area contributed by atoms with Crippen LogP contribution in [-0.2, 0) is 10.3 Å². The van der Waals surface area contributed by atoms with E-state index in [1.54, 1.807) is 6.92 Å². The predicted octanol–water partition coefficient (Wildman–Crippen LogP) is 0.646. The Labute approximate surface area is 104 Å². The molecule has 0 aliphatic rings. The number of aliphatic carboxylic acids is 1. The van der Waals surface area contributed by atoms with E-state index in [0.29, 0.717) is 5.01 Å². The Morgan fingerprint density at radius 3 is 2.11 bits per heavy atom. The van der Waals surface area contributed by atoms with Crippen molar-refractivity contribution in [2.24, 2.45) is 5.73 Å². The molecule has 1 aromatic rings. The summed E-state index contributed by atoms with van der Waals surface area (Å²) in [6, 6.07) is 0. The van der Waals surface area contributed by atoms with Gasteiger partial charge in [0.25, 0.3) is 0 Å². The molecule has 1 heterocycles. The highest BCUT2D eigenvalue weighted by molar-refractivity contribution is 7.11. The monoisotopic (exact) mass is 287 g/mol. The molecule has 0 bridgehead atoms. The number of aryl methyl sites for hydroxylation is 1. The number of hydrogen-bond acceptors (Lipinski definition) is 6. The van der Waals surface area contributed by atoms with E-state index < -0.39 is 17.7 Å². The van der Waals surface area contributed by atoms with E-state index in [0.717, 1.165) is 5.01 Å². The van der Waals surface area contributed by atoms with Crippen molar-refractivity contribution in [2.75, 3.05) is 6.61 Å². The van der Waals surface area contributed by atoms with Crippen molar-refractivity contribution < 1.29 is 28.2 Å². The van der Waals surface area contributed by atoms with Gasteiger partial charge in [0.2, 0.25) is 0 Å². The number of carbonyl (C=O) groups is 1. The number of nitrogens with zero attached hydrogens (tertiary/aromatic N) is 2. The number of aromatic nitrogens is 2. The van der Waals surface area contributed by atoms with Gasteiger partial charge < -0.3 is 15.9 Å². The second-order valence-corrected chi connectivity index (χ2v) is 4.69. The number of alkyl halides is 3. The Morgan fingerprint density at radius 2 is 1.89 bits per heavy atom. The van der Waals surface area contributed by atoms with E-state index in [1.165, 1.54) is 11.3 Å². The molecule has 1 atom stereocenters. The van der Waals surface area contributed by atoms with Crippen LogP contribution in [0.15, 0.2) is 0 Å². The van der Waals surface area contributed by atoms with Crippen LogP contribution in [0.25, 0.3) is 0 Å². The number of nitrogens with two attached hydrogens (primary N) is 1. The Bertz CT molecular complexity index is 406. The molecule has 0 fully saturated rings. The normalized spacial score (nSPS) is 14.4. The molecule has 104 valence electrons. The number of rotatable bonds is 2. The first-order chi connectivity index (χ1) is 8.00. The molecule has 0 aliphatic carbocycles. The number of carboxylic acids is 1. The van der Waals surface area contributed by atoms with Crippen LogP contribution in [0.4, 0.5) is 13.2 Å². The number of aliphatic hydroxyl groups is 1. The van der Waals surface area contributed by atoms with E-state index in [-0.39, 0.29) is 6.61 Å². The highest BCUT2D eigenvalue weighted by Gasteiger charge is 2.38. The Kier molecular flexibility index (Phi) is 5.64. The molecule has 0 radical (unpaired) electrons. The molecule has 4 N–H and O–H groups in total. The van der Waals surface area contributed by atoms with Gasteiger partial charge in [-0.15, -0.1) is 10.2 Å². The lowest BCUT2D eigenvalue weighted by atomic mass is 10.1. The highest BCUT2D eigenvalue weighted by Crippen LogP contribution is 2.20. The summed E-state index contributed by atoms with van der Waals surface area (Å²) >= 11 is 1.41. The Balaban J connectivity index is 0.000000360. The van der Waals surface area contributed by atoms with Crippen LogP contribution in [0.2, 0.25) is 0 Å². The second-order valence-electron chi connectivity index (χ2n) is 3.50. The largest absolute Gasteiger partial charge is 0.490 e. The third kappa shape index (κ3) is 5.38. The van der Waals surface area contributed by atoms with Gasteiger partial charge in [0.1, 0.15) is 10.0 Å². The standard InChI is InChI=1S/C6H11N3OS.C2HF3O2/c1-4-8-9-5(11-4)6(2,7)3-10;3-2(4,5)1(6)7/h10H,3,7H2,1-2H3;(H,6,7)/t6-;/m0./s1. The summed E-state index contributed by atoms with van der Waals surface area (Å²) in [5.74, 6) is -2.76. The van der Waals surface area contributed by atoms with Crippen LogP contribution >= 0.6 is 11.3 Å². The average molecular weight is 287 g/mol. The SMILES string of the molecule is Cc1nnc([C@@](C)(N)CO)s1.O=C(O)C(F)(F)F. The molecule has 6 nitrogen and oxygen atoms in total. The van der Waals surface area contributed by atoms with Crippen molar-refractivity contribution in [2.45, 2.75) is 25.6 Å². The number of carboxylic acid groups (broad SMARTS) is 1. The van der Waals surface area contributed by atoms with Crippen LogP contribution in [0, 0.1) is 6.92 Å². The first-order valence-electron chi connectivity index (χ1n) is 4.51. The third-order valence-electron chi connectivity index (χ3n) is 1.59. The molecule has 0 spiro atoms. The van der Waals surface area contributed by atoms with Crippen LogP contribution < -0.4 is 5.73 Å². The second kappa shape index (κ2) is 6.07. The highest BCUT2D eigenvalue weighted by atomic mass is 32.1. The fraction of sp³-hybridized carbons (Fsp3) is 0.625. The number of halogens is 3. The zero-order valence-electron chi connectivity index (χ0n) is 9.52. The number of hydrogen-bond donors (Lipinski definition) is 3. The maximum atomic E-state index is 10.6. The summed E-state index contributed by atoms with van der Waals surface area (Å²) in [6.45, 7) is 3.48. The molecule has 0 aliphatic heterocycles. The molecule has 0 aromatic carbocycles. The van der Waals surface area contributed by atoms with E-state index in [9.17, 15) is 13.2 Å². The van der Waals surface area contributed by atoms with Gasteiger partial charge in [-0.25, -0.2) is 4.79 Å². The summed E-state index contributed by atoms with van der Waals surface area (Å²) in [6.07, 6.45) is -5.08. The van der Waals surface area contributed by atoms with Gasteiger partial charge in [-0.2, -0.15) is 13.2 Å². The van der Waals surface area contributed by atoms with E-state index in [1.807, 2.05) is 6.92 Å². The van der Waals surface area contributed by atoms with Crippen molar-refractivity contribution >= 4 is 17.3 Å². The van der Waals surface area contributed by atoms with Crippen molar-refractivity contribution in [3.05, 3.63) is 10.0 Å². The maximum absolute atomic E-state index is 10.6. The molecule has 10 heteroatoms. The summed E-state index contributed by atoms with van der Waals surface area (Å²) in [5, 5.41) is 25.2. The third-order valence-corrected chi connectivity index (χ3v) is 2.70. The van der Waals surface area contributed by atoms with Gasteiger partial charge >= 0.3 is 12.1 Å². The zero-order chi connectivity index (χ0) is 14.6. The molecule has 0 unspecified atom stereocenters. The molecular weight excluding hydrogens is 275 g/mol. The molecule has 1 rings (SSSR count). The van der Waals surface area contributed by atoms with E-state index in [4.69, 9.17) is 20.7 Å². The Hall–Kier alpha value is -1.26. The molecular formula is C8H12F3N3O3S. The predicted molar refractivity (Wildman–Crippen MR) is 57.0 cm³/mol. The summed E-state index contributed by atoms with van der Waals surface area (Å²) in [7, 11) is 0. The summed E-state index contributed by atoms with van der Waals surface area (Å²) < 4.78 is 31.7. The minimum Gasteiger partial charge on any atom is -0.475 e. The lowest BCUT2D eigenvalue weighted by Crippen LogP contribution is -2.36. The summed E-state index contributed by atoms with van der Waals surface area (Å²) in [5.41, 5.74) is 4.96. The fourth-order valence-electron chi connectivity index (χ4n) is 0.595. The van der Waals surface area contributed by atoms with Gasteiger partial charge in [0.05, 0.1) is 12.1 Å². The van der Waals surface area contributed by atoms with Gasteiger partial charge in [0, 0.05) is 0 Å². The zero-order valence-corrected chi connectivity index (χ0v) is 10.3. The van der Waals surface area contributed by atoms with Crippen LogP contribution in [0.5, 0.6) is 0 Å². The minimum absolute atomic E-state index is 0.109. The molecule has 0 amide bonds. The Morgan fingerprint density at radius 1 is 1.44 bits per heavy atom. The van der Waals surface area contributed by atoms with Crippen LogP contribution in [0.1, 0.15) is 16.9 Å². The van der Waals surface area contributed by atoms with E-state index >= 15 is 0 Å². The molecule has 18 heavy (non-hydrogen) atoms. The van der Waals surface area contributed by atoms with Crippen molar-refractivity contribution in [1.82, 2.24) is 10.2 Å². The van der Waals surface area contributed by atoms with Crippen molar-refractivity contribution in [1.29, 1.82) is 0 Å². The maximum Gasteiger partial charge on any atom is 0.490 e. The quantitative estimate of drug-likeness (QED) is 0.736. The van der Waals surface area contributed by atoms with E-state index in [2.05, 4.69) is 10.2 Å². The first-order valence-corrected chi connectivity index (χ1v) is 5.33. The molecule has 1 aromatic heterocycles. The van der Waals surface area contributed by atoms with Crippen LogP contribution in [-0.4, -0.2) is 39.2 Å². The smallest absolute Gasteiger partial charge is 0.475 e. The van der Waals surface area contributed by atoms with Gasteiger partial charge in [-0.1, -0.05) is 11.3 Å². The average Bonchev–Trinajstić information content (AvgIpc) is 2.65. The van der Waals surface area contributed by atoms with Gasteiger partial charge in [-0.05, 0) is 13.8 Å². The molecule has 0 saturated carbocycles. The summed E-state index contributed by atoms with van der Waals surface area (Å²) in [4.78, 5) is 8.90. The van der Waals surface area contributed by atoms with Gasteiger partial charge in [0.15, 0.2) is 0 Å². The van der Waals surface area contributed by atoms with Gasteiger partial charge in [-0.3, -0.25) is 0 Å². The van der Waals surface area contributed by atoms with Crippen molar-refractivity contribution in [3.8, 4) is 0 Å². The lowest BCUT2D eigenvalue weighted by molar-refractivity contribution is -0.192. The minimum atomic E-state index is -5.08. The number of aliphatic hydroxyl groups excluding tert-OH is 1. The molecule has 0 saturated heterocycles. The van der Waals surface area contributed by atoms with Crippen LogP contribution in [0.3, 0.4) is 0 Å². The first kappa shape index (κ1) is 16.7. The van der Waals surface area contributed by atoms with Crippen molar-refractivity contribution in [3.63, 3.8) is 0 Å².